The molecule has 0 aliphatic carbocycles. The van der Waals surface area contributed by atoms with Gasteiger partial charge in [0.1, 0.15) is 0 Å². The molecule has 4 nitrogen and oxygen atoms in total. The average Bonchev–Trinajstić information content (AvgIpc) is 3.10. The first-order valence-electron chi connectivity index (χ1n) is 7.15. The Kier molecular flexibility index (Phi) is 3.83. The molecule has 24 heavy (non-hydrogen) atoms. The van der Waals surface area contributed by atoms with Crippen LogP contribution in [-0.4, -0.2) is 15.3 Å². The van der Waals surface area contributed by atoms with Crippen molar-refractivity contribution >= 4 is 60.0 Å². The van der Waals surface area contributed by atoms with E-state index in [2.05, 4.69) is 15.9 Å². The summed E-state index contributed by atoms with van der Waals surface area (Å²) < 4.78 is 3.98. The maximum atomic E-state index is 11.8. The number of carbonyl (C=O) groups is 1. The van der Waals surface area contributed by atoms with Crippen LogP contribution >= 0.6 is 38.9 Å². The van der Waals surface area contributed by atoms with E-state index in [1.54, 1.807) is 11.3 Å². The monoisotopic (exact) mass is 419 g/mol. The summed E-state index contributed by atoms with van der Waals surface area (Å²) in [5.74, 6) is -0.591. The molecule has 2 aromatic heterocycles. The van der Waals surface area contributed by atoms with Crippen molar-refractivity contribution < 1.29 is 4.79 Å². The first kappa shape index (κ1) is 15.6. The highest BCUT2D eigenvalue weighted by atomic mass is 79.9. The van der Waals surface area contributed by atoms with Gasteiger partial charge in [-0.25, -0.2) is 4.98 Å². The van der Waals surface area contributed by atoms with E-state index in [0.29, 0.717) is 11.4 Å². The molecule has 2 N–H and O–H groups in total. The number of carbonyl (C=O) groups excluding carboxylic acids is 1. The highest BCUT2D eigenvalue weighted by Crippen LogP contribution is 2.37. The third-order valence-electron chi connectivity index (χ3n) is 3.80. The third kappa shape index (κ3) is 2.42. The summed E-state index contributed by atoms with van der Waals surface area (Å²) in [6, 6.07) is 15.7. The summed E-state index contributed by atoms with van der Waals surface area (Å²) >= 11 is 11.3. The van der Waals surface area contributed by atoms with Gasteiger partial charge < -0.3 is 5.73 Å². The first-order valence-corrected chi connectivity index (χ1v) is 9.20. The van der Waals surface area contributed by atoms with Gasteiger partial charge in [0, 0.05) is 10.0 Å². The molecular formula is C17H11BrClN3OS. The molecule has 0 aliphatic heterocycles. The second kappa shape index (κ2) is 5.88. The van der Waals surface area contributed by atoms with Gasteiger partial charge in [-0.1, -0.05) is 51.5 Å². The number of hydrogen-bond donors (Lipinski definition) is 1. The molecule has 2 heterocycles. The van der Waals surface area contributed by atoms with E-state index in [-0.39, 0.29) is 0 Å². The average molecular weight is 421 g/mol. The predicted octanol–water partition coefficient (Wildman–Crippen LogP) is 4.74. The largest absolute Gasteiger partial charge is 0.368 e. The number of aromatic nitrogens is 2. The van der Waals surface area contributed by atoms with Crippen LogP contribution in [0.25, 0.3) is 26.4 Å². The quantitative estimate of drug-likeness (QED) is 0.486. The van der Waals surface area contributed by atoms with Gasteiger partial charge in [0.15, 0.2) is 10.3 Å². The van der Waals surface area contributed by atoms with Crippen LogP contribution < -0.4 is 5.73 Å². The number of nitrogens with zero attached hydrogens (tertiary/aromatic N) is 2. The number of thiazole rings is 1. The Hall–Kier alpha value is -1.89. The fourth-order valence-corrected chi connectivity index (χ4v) is 4.23. The third-order valence-corrected chi connectivity index (χ3v) is 5.77. The molecule has 0 spiro atoms. The molecule has 4 aromatic rings. The zero-order valence-corrected chi connectivity index (χ0v) is 15.4. The maximum Gasteiger partial charge on any atom is 0.241 e. The van der Waals surface area contributed by atoms with E-state index in [1.807, 2.05) is 52.9 Å². The lowest BCUT2D eigenvalue weighted by molar-refractivity contribution is -0.117. The van der Waals surface area contributed by atoms with Gasteiger partial charge in [-0.15, -0.1) is 11.6 Å². The van der Waals surface area contributed by atoms with E-state index in [9.17, 15) is 4.79 Å². The molecule has 0 radical (unpaired) electrons. The van der Waals surface area contributed by atoms with Gasteiger partial charge in [0.25, 0.3) is 0 Å². The molecule has 0 aliphatic rings. The highest BCUT2D eigenvalue weighted by Gasteiger charge is 2.27. The number of imidazole rings is 1. The topological polar surface area (TPSA) is 60.4 Å². The van der Waals surface area contributed by atoms with Crippen LogP contribution in [0.5, 0.6) is 0 Å². The Morgan fingerprint density at radius 1 is 1.21 bits per heavy atom. The number of benzene rings is 2. The van der Waals surface area contributed by atoms with Gasteiger partial charge in [0.2, 0.25) is 5.91 Å². The summed E-state index contributed by atoms with van der Waals surface area (Å²) in [4.78, 5) is 17.3. The summed E-state index contributed by atoms with van der Waals surface area (Å²) in [5, 5.41) is -0.961. The summed E-state index contributed by atoms with van der Waals surface area (Å²) in [6.45, 7) is 0. The zero-order valence-electron chi connectivity index (χ0n) is 12.2. The van der Waals surface area contributed by atoms with Crippen molar-refractivity contribution in [2.45, 2.75) is 5.38 Å². The number of fused-ring (bicyclic) bond motifs is 3. The van der Waals surface area contributed by atoms with Gasteiger partial charge in [0.05, 0.1) is 21.6 Å². The lowest BCUT2D eigenvalue weighted by Crippen LogP contribution is -2.18. The lowest BCUT2D eigenvalue weighted by atomic mass is 10.1. The Morgan fingerprint density at radius 2 is 1.92 bits per heavy atom. The molecule has 4 rings (SSSR count). The molecular weight excluding hydrogens is 410 g/mol. The van der Waals surface area contributed by atoms with Crippen molar-refractivity contribution in [3.63, 3.8) is 0 Å². The molecule has 2 aromatic carbocycles. The Balaban J connectivity index is 2.07. The Labute approximate surface area is 155 Å². The van der Waals surface area contributed by atoms with Crippen LogP contribution in [0.2, 0.25) is 0 Å². The second-order valence-corrected chi connectivity index (χ2v) is 7.67. The number of hydrogen-bond acceptors (Lipinski definition) is 3. The van der Waals surface area contributed by atoms with E-state index in [4.69, 9.17) is 22.3 Å². The molecule has 0 saturated heterocycles. The first-order chi connectivity index (χ1) is 11.6. The minimum atomic E-state index is -0.961. The van der Waals surface area contributed by atoms with Gasteiger partial charge in [-0.2, -0.15) is 0 Å². The Morgan fingerprint density at radius 3 is 2.62 bits per heavy atom. The molecule has 1 unspecified atom stereocenters. The standard InChI is InChI=1S/C17H11BrClN3OS/c18-10-7-5-9(6-8-10)14-15(13(19)16(20)23)22-11-3-1-2-4-12(11)24-17(22)21-14/h1-8,13H,(H2,20,23). The van der Waals surface area contributed by atoms with Crippen molar-refractivity contribution in [3.8, 4) is 11.3 Å². The summed E-state index contributed by atoms with van der Waals surface area (Å²) in [7, 11) is 0. The lowest BCUT2D eigenvalue weighted by Gasteiger charge is -2.09. The summed E-state index contributed by atoms with van der Waals surface area (Å²) in [5.41, 5.74) is 8.63. The molecule has 7 heteroatoms. The fourth-order valence-electron chi connectivity index (χ4n) is 2.73. The number of primary amides is 1. The predicted molar refractivity (Wildman–Crippen MR) is 101 cm³/mol. The van der Waals surface area contributed by atoms with E-state index >= 15 is 0 Å². The second-order valence-electron chi connectivity index (χ2n) is 5.31. The van der Waals surface area contributed by atoms with Gasteiger partial charge in [-0.05, 0) is 24.3 Å². The van der Waals surface area contributed by atoms with Crippen LogP contribution in [0.1, 0.15) is 11.1 Å². The normalized spacial score (nSPS) is 12.8. The minimum absolute atomic E-state index is 0.591. The van der Waals surface area contributed by atoms with Gasteiger partial charge >= 0.3 is 0 Å². The Bertz CT molecular complexity index is 1070. The van der Waals surface area contributed by atoms with Gasteiger partial charge in [-0.3, -0.25) is 9.20 Å². The number of alkyl halides is 1. The molecule has 1 amide bonds. The zero-order chi connectivity index (χ0) is 16.8. The minimum Gasteiger partial charge on any atom is -0.368 e. The van der Waals surface area contributed by atoms with Crippen molar-refractivity contribution in [2.75, 3.05) is 0 Å². The molecule has 120 valence electrons. The molecule has 0 saturated carbocycles. The number of rotatable bonds is 3. The number of para-hydroxylation sites is 1. The number of halogens is 2. The van der Waals surface area contributed by atoms with Crippen LogP contribution in [0.3, 0.4) is 0 Å². The van der Waals surface area contributed by atoms with Crippen molar-refractivity contribution in [2.24, 2.45) is 5.73 Å². The van der Waals surface area contributed by atoms with Crippen LogP contribution in [0.15, 0.2) is 53.0 Å². The summed E-state index contributed by atoms with van der Waals surface area (Å²) in [6.07, 6.45) is 0. The smallest absolute Gasteiger partial charge is 0.241 e. The molecule has 1 atom stereocenters. The highest BCUT2D eigenvalue weighted by molar-refractivity contribution is 9.10. The molecule has 0 fully saturated rings. The van der Waals surface area contributed by atoms with Crippen molar-refractivity contribution in [1.29, 1.82) is 0 Å². The van der Waals surface area contributed by atoms with Crippen LogP contribution in [-0.2, 0) is 4.79 Å². The van der Waals surface area contributed by atoms with E-state index in [1.165, 1.54) is 0 Å². The van der Waals surface area contributed by atoms with Crippen molar-refractivity contribution in [1.82, 2.24) is 9.38 Å². The number of nitrogens with two attached hydrogens (primary N) is 1. The van der Waals surface area contributed by atoms with E-state index in [0.717, 1.165) is 25.2 Å². The van der Waals surface area contributed by atoms with Crippen molar-refractivity contribution in [3.05, 3.63) is 58.7 Å². The SMILES string of the molecule is NC(=O)C(Cl)c1c(-c2ccc(Br)cc2)nc2sc3ccccc3n12. The number of amides is 1. The van der Waals surface area contributed by atoms with E-state index < -0.39 is 11.3 Å². The van der Waals surface area contributed by atoms with Crippen LogP contribution in [0, 0.1) is 0 Å². The maximum absolute atomic E-state index is 11.8. The fraction of sp³-hybridized carbons (Fsp3) is 0.0588. The van der Waals surface area contributed by atoms with Crippen LogP contribution in [0.4, 0.5) is 0 Å². The molecule has 0 bridgehead atoms.